The molecule has 1 aliphatic carbocycles. The van der Waals surface area contributed by atoms with Crippen LogP contribution in [0.1, 0.15) is 37.7 Å². The van der Waals surface area contributed by atoms with Crippen LogP contribution < -0.4 is 5.01 Å². The van der Waals surface area contributed by atoms with E-state index >= 15 is 0 Å². The van der Waals surface area contributed by atoms with Crippen molar-refractivity contribution in [2.45, 2.75) is 32.1 Å². The summed E-state index contributed by atoms with van der Waals surface area (Å²) in [6.45, 7) is 0. The number of hydrazone groups is 1. The Morgan fingerprint density at radius 2 is 1.58 bits per heavy atom. The van der Waals surface area contributed by atoms with Crippen molar-refractivity contribution in [3.63, 3.8) is 0 Å². The van der Waals surface area contributed by atoms with E-state index in [2.05, 4.69) is 42.6 Å². The Hall–Kier alpha value is -2.06. The summed E-state index contributed by atoms with van der Waals surface area (Å²) in [5.74, 6) is 0. The fraction of sp³-hybridized carbons (Fsp3) is 0.286. The summed E-state index contributed by atoms with van der Waals surface area (Å²) in [6, 6.07) is 18.4. The van der Waals surface area contributed by atoms with E-state index in [1.165, 1.54) is 43.4 Å². The van der Waals surface area contributed by atoms with Gasteiger partial charge in [0.05, 0.1) is 11.4 Å². The molecule has 24 heavy (non-hydrogen) atoms. The van der Waals surface area contributed by atoms with Gasteiger partial charge in [-0.25, -0.2) is 5.01 Å². The van der Waals surface area contributed by atoms with Crippen LogP contribution in [0.25, 0.3) is 0 Å². The molecule has 0 amide bonds. The maximum absolute atomic E-state index is 6.02. The molecular formula is C21H21ClN2. The molecule has 2 nitrogen and oxygen atoms in total. The van der Waals surface area contributed by atoms with Crippen LogP contribution in [0.2, 0.25) is 5.02 Å². The Labute approximate surface area is 148 Å². The number of allylic oxidation sites excluding steroid dienone is 1. The molecule has 0 radical (unpaired) electrons. The van der Waals surface area contributed by atoms with E-state index in [0.717, 1.165) is 10.7 Å². The number of anilines is 1. The fourth-order valence-corrected chi connectivity index (χ4v) is 3.92. The number of halogens is 1. The summed E-state index contributed by atoms with van der Waals surface area (Å²) in [6.07, 6.45) is 10.8. The second-order valence-corrected chi connectivity index (χ2v) is 7.10. The van der Waals surface area contributed by atoms with Crippen LogP contribution in [0.4, 0.5) is 5.69 Å². The van der Waals surface area contributed by atoms with E-state index in [0.29, 0.717) is 0 Å². The summed E-state index contributed by atoms with van der Waals surface area (Å²) in [7, 11) is 0. The monoisotopic (exact) mass is 336 g/mol. The molecule has 0 N–H and O–H groups in total. The Morgan fingerprint density at radius 3 is 2.29 bits per heavy atom. The van der Waals surface area contributed by atoms with Gasteiger partial charge in [-0.2, -0.15) is 5.10 Å². The minimum Gasteiger partial charge on any atom is -0.241 e. The second-order valence-electron chi connectivity index (χ2n) is 6.67. The summed E-state index contributed by atoms with van der Waals surface area (Å²) >= 11 is 6.02. The normalized spacial score (nSPS) is 19.4. The lowest BCUT2D eigenvalue weighted by Gasteiger charge is -2.39. The van der Waals surface area contributed by atoms with Gasteiger partial charge in [0.25, 0.3) is 0 Å². The molecule has 122 valence electrons. The van der Waals surface area contributed by atoms with Crippen LogP contribution in [0, 0.1) is 5.41 Å². The lowest BCUT2D eigenvalue weighted by atomic mass is 9.68. The van der Waals surface area contributed by atoms with Crippen molar-refractivity contribution in [2.24, 2.45) is 10.5 Å². The SMILES string of the molecule is Clc1ccc(N2C=CC3(CCCCC3)C(c3ccccc3)=N2)cc1. The van der Waals surface area contributed by atoms with Gasteiger partial charge in [0, 0.05) is 16.6 Å². The molecular weight excluding hydrogens is 316 g/mol. The van der Waals surface area contributed by atoms with Gasteiger partial charge in [0.2, 0.25) is 0 Å². The molecule has 2 aliphatic rings. The van der Waals surface area contributed by atoms with Crippen molar-refractivity contribution >= 4 is 23.0 Å². The van der Waals surface area contributed by atoms with Crippen LogP contribution in [0.5, 0.6) is 0 Å². The Morgan fingerprint density at radius 1 is 0.875 bits per heavy atom. The fourth-order valence-electron chi connectivity index (χ4n) is 3.80. The number of benzene rings is 2. The van der Waals surface area contributed by atoms with Crippen LogP contribution in [-0.4, -0.2) is 5.71 Å². The molecule has 4 rings (SSSR count). The van der Waals surface area contributed by atoms with Crippen LogP contribution in [0.15, 0.2) is 72.0 Å². The third-order valence-electron chi connectivity index (χ3n) is 5.10. The van der Waals surface area contributed by atoms with Gasteiger partial charge in [-0.1, -0.05) is 67.3 Å². The first-order chi connectivity index (χ1) is 11.8. The highest BCUT2D eigenvalue weighted by Gasteiger charge is 2.38. The van der Waals surface area contributed by atoms with Crippen LogP contribution in [0.3, 0.4) is 0 Å². The number of nitrogens with zero attached hydrogens (tertiary/aromatic N) is 2. The summed E-state index contributed by atoms with van der Waals surface area (Å²) in [4.78, 5) is 0. The van der Waals surface area contributed by atoms with E-state index in [-0.39, 0.29) is 5.41 Å². The largest absolute Gasteiger partial charge is 0.241 e. The quantitative estimate of drug-likeness (QED) is 0.653. The van der Waals surface area contributed by atoms with Crippen molar-refractivity contribution in [3.05, 3.63) is 77.5 Å². The second kappa shape index (κ2) is 6.45. The smallest absolute Gasteiger partial charge is 0.0785 e. The van der Waals surface area contributed by atoms with E-state index in [1.54, 1.807) is 0 Å². The first-order valence-corrected chi connectivity index (χ1v) is 9.03. The molecule has 2 aromatic rings. The van der Waals surface area contributed by atoms with Gasteiger partial charge in [-0.05, 0) is 42.7 Å². The highest BCUT2D eigenvalue weighted by molar-refractivity contribution is 6.30. The number of hydrogen-bond acceptors (Lipinski definition) is 2. The molecule has 1 spiro atoms. The Bertz CT molecular complexity index is 756. The van der Waals surface area contributed by atoms with Crippen molar-refractivity contribution in [1.82, 2.24) is 0 Å². The molecule has 0 atom stereocenters. The summed E-state index contributed by atoms with van der Waals surface area (Å²) in [5.41, 5.74) is 3.54. The van der Waals surface area contributed by atoms with Crippen molar-refractivity contribution < 1.29 is 0 Å². The topological polar surface area (TPSA) is 15.6 Å². The predicted octanol–water partition coefficient (Wildman–Crippen LogP) is 6.03. The van der Waals surface area contributed by atoms with Gasteiger partial charge in [-0.3, -0.25) is 0 Å². The maximum Gasteiger partial charge on any atom is 0.0785 e. The van der Waals surface area contributed by atoms with E-state index < -0.39 is 0 Å². The molecule has 1 aliphatic heterocycles. The van der Waals surface area contributed by atoms with Crippen molar-refractivity contribution in [3.8, 4) is 0 Å². The lowest BCUT2D eigenvalue weighted by molar-refractivity contribution is 0.347. The molecule has 0 aromatic heterocycles. The standard InChI is InChI=1S/C21H21ClN2/c22-18-9-11-19(12-10-18)24-16-15-21(13-5-2-6-14-21)20(23-24)17-7-3-1-4-8-17/h1,3-4,7-12,15-16H,2,5-6,13-14H2. The van der Waals surface area contributed by atoms with Crippen molar-refractivity contribution in [1.29, 1.82) is 0 Å². The van der Waals surface area contributed by atoms with Gasteiger partial charge < -0.3 is 0 Å². The maximum atomic E-state index is 6.02. The molecule has 0 bridgehead atoms. The first-order valence-electron chi connectivity index (χ1n) is 8.66. The zero-order valence-electron chi connectivity index (χ0n) is 13.7. The average Bonchev–Trinajstić information content (AvgIpc) is 2.64. The molecule has 1 fully saturated rings. The van der Waals surface area contributed by atoms with Crippen LogP contribution >= 0.6 is 11.6 Å². The Kier molecular flexibility index (Phi) is 4.15. The van der Waals surface area contributed by atoms with Crippen LogP contribution in [-0.2, 0) is 0 Å². The minimum absolute atomic E-state index is 0.0858. The molecule has 3 heteroatoms. The number of hydrogen-bond donors (Lipinski definition) is 0. The minimum atomic E-state index is 0.0858. The highest BCUT2D eigenvalue weighted by atomic mass is 35.5. The van der Waals surface area contributed by atoms with Gasteiger partial charge in [0.15, 0.2) is 0 Å². The number of rotatable bonds is 2. The van der Waals surface area contributed by atoms with E-state index in [4.69, 9.17) is 16.7 Å². The van der Waals surface area contributed by atoms with Gasteiger partial charge in [-0.15, -0.1) is 0 Å². The molecule has 1 saturated carbocycles. The van der Waals surface area contributed by atoms with E-state index in [1.807, 2.05) is 29.3 Å². The molecule has 0 saturated heterocycles. The summed E-state index contributed by atoms with van der Waals surface area (Å²) in [5, 5.41) is 7.77. The molecule has 1 heterocycles. The third kappa shape index (κ3) is 2.87. The van der Waals surface area contributed by atoms with Gasteiger partial charge >= 0.3 is 0 Å². The average molecular weight is 337 g/mol. The molecule has 0 unspecified atom stereocenters. The predicted molar refractivity (Wildman–Crippen MR) is 102 cm³/mol. The van der Waals surface area contributed by atoms with Crippen molar-refractivity contribution in [2.75, 3.05) is 5.01 Å². The summed E-state index contributed by atoms with van der Waals surface area (Å²) < 4.78 is 0. The Balaban J connectivity index is 1.76. The third-order valence-corrected chi connectivity index (χ3v) is 5.35. The highest BCUT2D eigenvalue weighted by Crippen LogP contribution is 2.43. The zero-order chi connectivity index (χ0) is 16.4. The lowest BCUT2D eigenvalue weighted by Crippen LogP contribution is -2.37. The van der Waals surface area contributed by atoms with E-state index in [9.17, 15) is 0 Å². The molecule has 2 aromatic carbocycles. The zero-order valence-corrected chi connectivity index (χ0v) is 14.4. The first kappa shape index (κ1) is 15.5. The van der Waals surface area contributed by atoms with Gasteiger partial charge in [0.1, 0.15) is 0 Å².